The van der Waals surface area contributed by atoms with E-state index in [0.29, 0.717) is 11.8 Å². The molecule has 0 saturated carbocycles. The number of benzene rings is 2. The molecule has 1 heterocycles. The molecule has 0 radical (unpaired) electrons. The number of nitrogens with zero attached hydrogens (tertiary/aromatic N) is 1. The zero-order chi connectivity index (χ0) is 15.0. The second-order valence-electron chi connectivity index (χ2n) is 6.71. The largest absolute Gasteiger partial charge is 0.357 e. The average Bonchev–Trinajstić information content (AvgIpc) is 2.98. The van der Waals surface area contributed by atoms with Crippen LogP contribution in [-0.2, 0) is 0 Å². The molecule has 1 saturated heterocycles. The van der Waals surface area contributed by atoms with E-state index in [1.165, 1.54) is 27.6 Å². The van der Waals surface area contributed by atoms with E-state index in [4.69, 9.17) is 0 Å². The Bertz CT molecular complexity index is 632. The zero-order valence-corrected chi connectivity index (χ0v) is 13.6. The van der Waals surface area contributed by atoms with Crippen molar-refractivity contribution in [3.8, 4) is 0 Å². The summed E-state index contributed by atoms with van der Waals surface area (Å²) in [6.45, 7) is 12.3. The van der Waals surface area contributed by atoms with Crippen molar-refractivity contribution in [1.82, 2.24) is 5.32 Å². The van der Waals surface area contributed by atoms with Gasteiger partial charge in [0.1, 0.15) is 0 Å². The predicted molar refractivity (Wildman–Crippen MR) is 92.3 cm³/mol. The van der Waals surface area contributed by atoms with Crippen LogP contribution in [0, 0.1) is 0 Å². The number of anilines is 1. The fourth-order valence-corrected chi connectivity index (χ4v) is 3.21. The van der Waals surface area contributed by atoms with Crippen molar-refractivity contribution in [2.45, 2.75) is 39.5 Å². The summed E-state index contributed by atoms with van der Waals surface area (Å²) in [4.78, 5) is 2.50. The molecular formula is C19H26N2. The van der Waals surface area contributed by atoms with Gasteiger partial charge in [-0.05, 0) is 34.4 Å². The fraction of sp³-hybridized carbons (Fsp3) is 0.474. The number of fused-ring (bicyclic) bond motifs is 1. The summed E-state index contributed by atoms with van der Waals surface area (Å²) in [5, 5.41) is 6.23. The topological polar surface area (TPSA) is 15.3 Å². The molecule has 0 amide bonds. The monoisotopic (exact) mass is 282 g/mol. The molecule has 1 fully saturated rings. The molecule has 0 aliphatic carbocycles. The standard InChI is InChI=1S/C19H26N2/c1-13(2)16-6-5-15-7-8-17(14(3)4)19(18(15)11-16)21-10-9-20-12-21/h5-8,11,13-14,20H,9-10,12H2,1-4H3. The van der Waals surface area contributed by atoms with Crippen molar-refractivity contribution in [1.29, 1.82) is 0 Å². The average molecular weight is 282 g/mol. The molecule has 3 rings (SSSR count). The Morgan fingerprint density at radius 1 is 1.00 bits per heavy atom. The maximum absolute atomic E-state index is 3.46. The SMILES string of the molecule is CC(C)c1ccc2ccc(C(C)C)c(N3CCNC3)c2c1. The van der Waals surface area contributed by atoms with Gasteiger partial charge in [0.15, 0.2) is 0 Å². The maximum atomic E-state index is 3.46. The highest BCUT2D eigenvalue weighted by Gasteiger charge is 2.20. The van der Waals surface area contributed by atoms with Crippen molar-refractivity contribution >= 4 is 16.5 Å². The van der Waals surface area contributed by atoms with Gasteiger partial charge in [0.05, 0.1) is 6.67 Å². The molecule has 0 atom stereocenters. The quantitative estimate of drug-likeness (QED) is 0.894. The molecule has 0 aromatic heterocycles. The number of nitrogens with one attached hydrogen (secondary N) is 1. The van der Waals surface area contributed by atoms with Gasteiger partial charge in [0.25, 0.3) is 0 Å². The highest BCUT2D eigenvalue weighted by Crippen LogP contribution is 2.36. The van der Waals surface area contributed by atoms with Gasteiger partial charge in [0.2, 0.25) is 0 Å². The Kier molecular flexibility index (Phi) is 3.90. The zero-order valence-electron chi connectivity index (χ0n) is 13.6. The molecule has 0 bridgehead atoms. The predicted octanol–water partition coefficient (Wildman–Crippen LogP) is 4.45. The van der Waals surface area contributed by atoms with Crippen molar-refractivity contribution in [3.63, 3.8) is 0 Å². The molecule has 21 heavy (non-hydrogen) atoms. The van der Waals surface area contributed by atoms with Crippen LogP contribution in [-0.4, -0.2) is 19.8 Å². The lowest BCUT2D eigenvalue weighted by Gasteiger charge is -2.25. The van der Waals surface area contributed by atoms with Crippen molar-refractivity contribution in [2.75, 3.05) is 24.7 Å². The Morgan fingerprint density at radius 2 is 1.76 bits per heavy atom. The fourth-order valence-electron chi connectivity index (χ4n) is 3.21. The summed E-state index contributed by atoms with van der Waals surface area (Å²) < 4.78 is 0. The number of rotatable bonds is 3. The molecule has 1 aliphatic rings. The first-order valence-electron chi connectivity index (χ1n) is 8.10. The third-order valence-corrected chi connectivity index (χ3v) is 4.51. The maximum Gasteiger partial charge on any atom is 0.0683 e. The second kappa shape index (κ2) is 5.69. The molecule has 2 heteroatoms. The molecule has 0 unspecified atom stereocenters. The smallest absolute Gasteiger partial charge is 0.0683 e. The first-order chi connectivity index (χ1) is 10.1. The van der Waals surface area contributed by atoms with Crippen LogP contribution in [0.15, 0.2) is 30.3 Å². The molecule has 2 aromatic rings. The van der Waals surface area contributed by atoms with Gasteiger partial charge in [-0.15, -0.1) is 0 Å². The highest BCUT2D eigenvalue weighted by atomic mass is 15.3. The molecular weight excluding hydrogens is 256 g/mol. The summed E-state index contributed by atoms with van der Waals surface area (Å²) in [7, 11) is 0. The van der Waals surface area contributed by atoms with Crippen molar-refractivity contribution < 1.29 is 0 Å². The normalized spacial score (nSPS) is 15.6. The van der Waals surface area contributed by atoms with Gasteiger partial charge >= 0.3 is 0 Å². The Morgan fingerprint density at radius 3 is 2.38 bits per heavy atom. The number of hydrogen-bond acceptors (Lipinski definition) is 2. The molecule has 1 aliphatic heterocycles. The van der Waals surface area contributed by atoms with E-state index in [1.807, 2.05) is 0 Å². The minimum atomic E-state index is 0.549. The molecule has 1 N–H and O–H groups in total. The first kappa shape index (κ1) is 14.4. The molecule has 2 nitrogen and oxygen atoms in total. The third-order valence-electron chi connectivity index (χ3n) is 4.51. The summed E-state index contributed by atoms with van der Waals surface area (Å²) in [5.74, 6) is 1.12. The van der Waals surface area contributed by atoms with E-state index in [9.17, 15) is 0 Å². The molecule has 0 spiro atoms. The van der Waals surface area contributed by atoms with E-state index >= 15 is 0 Å². The van der Waals surface area contributed by atoms with Crippen LogP contribution < -0.4 is 10.2 Å². The first-order valence-corrected chi connectivity index (χ1v) is 8.10. The lowest BCUT2D eigenvalue weighted by atomic mass is 9.92. The summed E-state index contributed by atoms with van der Waals surface area (Å²) in [5.41, 5.74) is 4.33. The molecule has 2 aromatic carbocycles. The van der Waals surface area contributed by atoms with Crippen LogP contribution in [0.5, 0.6) is 0 Å². The van der Waals surface area contributed by atoms with Gasteiger partial charge in [-0.2, -0.15) is 0 Å². The van der Waals surface area contributed by atoms with E-state index in [-0.39, 0.29) is 0 Å². The van der Waals surface area contributed by atoms with Gasteiger partial charge in [-0.3, -0.25) is 5.32 Å². The van der Waals surface area contributed by atoms with Crippen LogP contribution in [0.1, 0.15) is 50.7 Å². The Labute approximate surface area is 128 Å². The Balaban J connectivity index is 2.25. The van der Waals surface area contributed by atoms with Crippen LogP contribution in [0.2, 0.25) is 0 Å². The Hall–Kier alpha value is -1.54. The van der Waals surface area contributed by atoms with E-state index in [0.717, 1.165) is 19.8 Å². The summed E-state index contributed by atoms with van der Waals surface area (Å²) in [6, 6.07) is 11.5. The van der Waals surface area contributed by atoms with Crippen molar-refractivity contribution in [2.24, 2.45) is 0 Å². The van der Waals surface area contributed by atoms with Crippen LogP contribution in [0.3, 0.4) is 0 Å². The van der Waals surface area contributed by atoms with Crippen LogP contribution in [0.4, 0.5) is 5.69 Å². The van der Waals surface area contributed by atoms with Gasteiger partial charge in [-0.25, -0.2) is 0 Å². The van der Waals surface area contributed by atoms with Crippen LogP contribution in [0.25, 0.3) is 10.8 Å². The van der Waals surface area contributed by atoms with Crippen molar-refractivity contribution in [3.05, 3.63) is 41.5 Å². The highest BCUT2D eigenvalue weighted by molar-refractivity contribution is 5.97. The third kappa shape index (κ3) is 2.65. The van der Waals surface area contributed by atoms with Crippen LogP contribution >= 0.6 is 0 Å². The lowest BCUT2D eigenvalue weighted by molar-refractivity contribution is 0.832. The minimum Gasteiger partial charge on any atom is -0.357 e. The van der Waals surface area contributed by atoms with E-state index in [1.54, 1.807) is 0 Å². The minimum absolute atomic E-state index is 0.549. The number of hydrogen-bond donors (Lipinski definition) is 1. The van der Waals surface area contributed by atoms with Gasteiger partial charge in [0, 0.05) is 24.2 Å². The van der Waals surface area contributed by atoms with E-state index < -0.39 is 0 Å². The summed E-state index contributed by atoms with van der Waals surface area (Å²) in [6.07, 6.45) is 0. The van der Waals surface area contributed by atoms with Gasteiger partial charge in [-0.1, -0.05) is 52.0 Å². The summed E-state index contributed by atoms with van der Waals surface area (Å²) >= 11 is 0. The molecule has 112 valence electrons. The second-order valence-corrected chi connectivity index (χ2v) is 6.71. The van der Waals surface area contributed by atoms with Gasteiger partial charge < -0.3 is 4.90 Å². The lowest BCUT2D eigenvalue weighted by Crippen LogP contribution is -2.23. The van der Waals surface area contributed by atoms with E-state index in [2.05, 4.69) is 68.2 Å².